The Hall–Kier alpha value is -1.05. The van der Waals surface area contributed by atoms with Crippen LogP contribution in [0.1, 0.15) is 26.7 Å². The number of rotatable bonds is 5. The number of terminal acetylenes is 1. The first-order chi connectivity index (χ1) is 7.67. The summed E-state index contributed by atoms with van der Waals surface area (Å²) in [6.45, 7) is 5.45. The fourth-order valence-corrected chi connectivity index (χ4v) is 1.95. The summed E-state index contributed by atoms with van der Waals surface area (Å²) in [6, 6.07) is 0.587. The Labute approximate surface area is 97.1 Å². The van der Waals surface area contributed by atoms with Crippen LogP contribution in [0.4, 0.5) is 0 Å². The smallest absolute Gasteiger partial charge is 0.295 e. The van der Waals surface area contributed by atoms with Crippen LogP contribution >= 0.6 is 0 Å². The molecule has 0 aromatic rings. The molecule has 1 amide bonds. The van der Waals surface area contributed by atoms with Crippen molar-refractivity contribution in [2.45, 2.75) is 44.8 Å². The predicted octanol–water partition coefficient (Wildman–Crippen LogP) is 0.281. The number of hydrogen-bond acceptors (Lipinski definition) is 3. The first kappa shape index (κ1) is 13.0. The van der Waals surface area contributed by atoms with E-state index >= 15 is 0 Å². The third-order valence-electron chi connectivity index (χ3n) is 2.75. The summed E-state index contributed by atoms with van der Waals surface area (Å²) in [4.78, 5) is 11.1. The minimum Gasteiger partial charge on any atom is -0.378 e. The third-order valence-corrected chi connectivity index (χ3v) is 2.75. The highest BCUT2D eigenvalue weighted by Gasteiger charge is 2.29. The van der Waals surface area contributed by atoms with Crippen molar-refractivity contribution in [2.24, 2.45) is 0 Å². The second-order valence-electron chi connectivity index (χ2n) is 4.22. The summed E-state index contributed by atoms with van der Waals surface area (Å²) < 4.78 is 5.35. The van der Waals surface area contributed by atoms with Crippen molar-refractivity contribution in [3.8, 4) is 12.3 Å². The Morgan fingerprint density at radius 2 is 2.25 bits per heavy atom. The van der Waals surface area contributed by atoms with Crippen molar-refractivity contribution in [1.82, 2.24) is 10.6 Å². The Balaban J connectivity index is 2.40. The Morgan fingerprint density at radius 3 is 2.88 bits per heavy atom. The average Bonchev–Trinajstić information content (AvgIpc) is 2.66. The molecule has 16 heavy (non-hydrogen) atoms. The number of ether oxygens (including phenoxy) is 1. The van der Waals surface area contributed by atoms with Gasteiger partial charge in [-0.2, -0.15) is 0 Å². The van der Waals surface area contributed by atoms with Crippen LogP contribution in [0.25, 0.3) is 0 Å². The van der Waals surface area contributed by atoms with E-state index in [2.05, 4.69) is 30.4 Å². The van der Waals surface area contributed by atoms with Crippen LogP contribution < -0.4 is 10.6 Å². The predicted molar refractivity (Wildman–Crippen MR) is 62.9 cm³/mol. The van der Waals surface area contributed by atoms with Crippen LogP contribution in [0.2, 0.25) is 0 Å². The minimum absolute atomic E-state index is 0.0112. The molecule has 1 fully saturated rings. The van der Waals surface area contributed by atoms with E-state index in [1.54, 1.807) is 0 Å². The summed E-state index contributed by atoms with van der Waals surface area (Å²) >= 11 is 0. The van der Waals surface area contributed by atoms with Gasteiger partial charge in [-0.25, -0.2) is 0 Å². The Bertz CT molecular complexity index is 273. The van der Waals surface area contributed by atoms with Crippen LogP contribution in [0, 0.1) is 12.3 Å². The van der Waals surface area contributed by atoms with Gasteiger partial charge in [-0.05, 0) is 19.3 Å². The van der Waals surface area contributed by atoms with Gasteiger partial charge >= 0.3 is 0 Å². The van der Waals surface area contributed by atoms with Gasteiger partial charge in [-0.15, -0.1) is 6.42 Å². The molecule has 1 heterocycles. The summed E-state index contributed by atoms with van der Waals surface area (Å²) in [5, 5.41) is 6.21. The topological polar surface area (TPSA) is 50.4 Å². The molecular weight excluding hydrogens is 204 g/mol. The molecule has 4 heteroatoms. The molecule has 0 aromatic heterocycles. The van der Waals surface area contributed by atoms with Gasteiger partial charge in [0.2, 0.25) is 0 Å². The van der Waals surface area contributed by atoms with Gasteiger partial charge < -0.3 is 15.4 Å². The maximum atomic E-state index is 11.1. The lowest BCUT2D eigenvalue weighted by Gasteiger charge is -2.23. The van der Waals surface area contributed by atoms with Crippen LogP contribution in [-0.2, 0) is 9.53 Å². The van der Waals surface area contributed by atoms with Crippen molar-refractivity contribution in [3.05, 3.63) is 0 Å². The van der Waals surface area contributed by atoms with E-state index in [4.69, 9.17) is 11.2 Å². The molecule has 4 nitrogen and oxygen atoms in total. The molecule has 0 bridgehead atoms. The van der Waals surface area contributed by atoms with Gasteiger partial charge in [-0.1, -0.05) is 13.3 Å². The molecule has 2 N–H and O–H groups in total. The van der Waals surface area contributed by atoms with Gasteiger partial charge in [0, 0.05) is 6.04 Å². The van der Waals surface area contributed by atoms with E-state index in [9.17, 15) is 4.79 Å². The molecule has 0 saturated carbocycles. The highest BCUT2D eigenvalue weighted by atomic mass is 16.5. The zero-order valence-electron chi connectivity index (χ0n) is 9.95. The standard InChI is InChI=1S/C12H20N2O2/c1-4-6-9(3)13-10-7-16-8-11(10)14-12(15)5-2/h2,9-11,13H,4,6-8H2,1,3H3,(H,14,15)/t9?,10-,11+/m1/s1. The highest BCUT2D eigenvalue weighted by Crippen LogP contribution is 2.08. The van der Waals surface area contributed by atoms with Gasteiger partial charge in [0.05, 0.1) is 25.3 Å². The SMILES string of the molecule is C#CC(=O)N[C@H]1COC[C@H]1NC(C)CCC. The third kappa shape index (κ3) is 3.84. The average molecular weight is 224 g/mol. The number of carbonyl (C=O) groups excluding carboxylic acids is 1. The minimum atomic E-state index is -0.370. The van der Waals surface area contributed by atoms with Crippen LogP contribution in [0.5, 0.6) is 0 Å². The highest BCUT2D eigenvalue weighted by molar-refractivity contribution is 5.93. The fraction of sp³-hybridized carbons (Fsp3) is 0.750. The summed E-state index contributed by atoms with van der Waals surface area (Å²) in [7, 11) is 0. The molecule has 0 radical (unpaired) electrons. The van der Waals surface area contributed by atoms with E-state index in [1.165, 1.54) is 0 Å². The molecule has 3 atom stereocenters. The molecule has 1 unspecified atom stereocenters. The first-order valence-corrected chi connectivity index (χ1v) is 5.78. The van der Waals surface area contributed by atoms with Gasteiger partial charge in [-0.3, -0.25) is 4.79 Å². The molecule has 0 spiro atoms. The lowest BCUT2D eigenvalue weighted by molar-refractivity contribution is -0.116. The second kappa shape index (κ2) is 6.51. The lowest BCUT2D eigenvalue weighted by Crippen LogP contribution is -2.51. The summed E-state index contributed by atoms with van der Waals surface area (Å²) in [5.74, 6) is 1.69. The van der Waals surface area contributed by atoms with Crippen molar-refractivity contribution in [3.63, 3.8) is 0 Å². The second-order valence-corrected chi connectivity index (χ2v) is 4.22. The summed E-state index contributed by atoms with van der Waals surface area (Å²) in [5.41, 5.74) is 0. The number of carbonyl (C=O) groups is 1. The molecule has 0 aliphatic carbocycles. The fourth-order valence-electron chi connectivity index (χ4n) is 1.95. The monoisotopic (exact) mass is 224 g/mol. The van der Waals surface area contributed by atoms with E-state index in [-0.39, 0.29) is 18.0 Å². The maximum absolute atomic E-state index is 11.1. The van der Waals surface area contributed by atoms with Crippen LogP contribution in [0.3, 0.4) is 0 Å². The van der Waals surface area contributed by atoms with E-state index < -0.39 is 0 Å². The Morgan fingerprint density at radius 1 is 1.56 bits per heavy atom. The first-order valence-electron chi connectivity index (χ1n) is 5.78. The van der Waals surface area contributed by atoms with Crippen molar-refractivity contribution in [1.29, 1.82) is 0 Å². The number of amides is 1. The van der Waals surface area contributed by atoms with Gasteiger partial charge in [0.15, 0.2) is 0 Å². The zero-order valence-corrected chi connectivity index (χ0v) is 9.95. The zero-order chi connectivity index (χ0) is 12.0. The number of hydrogen-bond donors (Lipinski definition) is 2. The molecule has 1 aliphatic rings. The Kier molecular flexibility index (Phi) is 5.30. The van der Waals surface area contributed by atoms with E-state index in [0.717, 1.165) is 12.8 Å². The summed E-state index contributed by atoms with van der Waals surface area (Å²) in [6.07, 6.45) is 7.28. The van der Waals surface area contributed by atoms with E-state index in [0.29, 0.717) is 19.3 Å². The van der Waals surface area contributed by atoms with Crippen molar-refractivity contribution < 1.29 is 9.53 Å². The molecule has 0 aromatic carbocycles. The molecule has 90 valence electrons. The van der Waals surface area contributed by atoms with Gasteiger partial charge in [0.25, 0.3) is 5.91 Å². The van der Waals surface area contributed by atoms with Crippen LogP contribution in [0.15, 0.2) is 0 Å². The number of nitrogens with one attached hydrogen (secondary N) is 2. The van der Waals surface area contributed by atoms with Crippen LogP contribution in [-0.4, -0.2) is 37.2 Å². The lowest BCUT2D eigenvalue weighted by atomic mass is 10.1. The normalized spacial score (nSPS) is 26.1. The maximum Gasteiger partial charge on any atom is 0.295 e. The molecule has 1 saturated heterocycles. The van der Waals surface area contributed by atoms with Gasteiger partial charge in [0.1, 0.15) is 0 Å². The van der Waals surface area contributed by atoms with E-state index in [1.807, 2.05) is 0 Å². The quantitative estimate of drug-likeness (QED) is 0.660. The van der Waals surface area contributed by atoms with Crippen molar-refractivity contribution >= 4 is 5.91 Å². The molecule has 1 aliphatic heterocycles. The molecule has 1 rings (SSSR count). The van der Waals surface area contributed by atoms with Crippen molar-refractivity contribution in [2.75, 3.05) is 13.2 Å². The molecular formula is C12H20N2O2. The largest absolute Gasteiger partial charge is 0.378 e.